The molecule has 0 atom stereocenters. The van der Waals surface area contributed by atoms with E-state index in [-0.39, 0.29) is 0 Å². The monoisotopic (exact) mass is 792 g/mol. The first-order valence-corrected chi connectivity index (χ1v) is 20.9. The van der Waals surface area contributed by atoms with Crippen molar-refractivity contribution < 1.29 is 0 Å². The third-order valence-corrected chi connectivity index (χ3v) is 13.5. The minimum atomic E-state index is 0.403. The van der Waals surface area contributed by atoms with E-state index in [9.17, 15) is 5.26 Å². The van der Waals surface area contributed by atoms with Gasteiger partial charge in [0.15, 0.2) is 0 Å². The van der Waals surface area contributed by atoms with Crippen LogP contribution < -0.4 is 0 Å². The molecule has 0 aliphatic carbocycles. The van der Waals surface area contributed by atoms with E-state index < -0.39 is 0 Å². The van der Waals surface area contributed by atoms with E-state index in [0.717, 1.165) is 87.8 Å². The molecule has 13 rings (SSSR count). The fourth-order valence-electron chi connectivity index (χ4n) is 10.0. The van der Waals surface area contributed by atoms with Gasteiger partial charge in [-0.25, -0.2) is 4.85 Å². The van der Waals surface area contributed by atoms with Crippen molar-refractivity contribution in [1.29, 1.82) is 5.26 Å². The maximum atomic E-state index is 11.7. The number of aromatic nitrogens is 4. The highest BCUT2D eigenvalue weighted by molar-refractivity contribution is 7.25. The Morgan fingerprint density at radius 2 is 1.05 bits per heavy atom. The van der Waals surface area contributed by atoms with Crippen LogP contribution in [0.2, 0.25) is 0 Å². The molecule has 0 spiro atoms. The summed E-state index contributed by atoms with van der Waals surface area (Å²) in [5.41, 5.74) is 10.9. The Balaban J connectivity index is 1.32. The summed E-state index contributed by atoms with van der Waals surface area (Å²) in [5.74, 6) is 0. The first-order chi connectivity index (χ1) is 30.2. The Morgan fingerprint density at radius 1 is 0.492 bits per heavy atom. The molecule has 0 amide bonds. The Labute approximate surface area is 352 Å². The molecule has 280 valence electrons. The molecular weight excluding hydrogens is 765 g/mol. The van der Waals surface area contributed by atoms with Crippen LogP contribution in [0.5, 0.6) is 0 Å². The van der Waals surface area contributed by atoms with Crippen LogP contribution in [0.1, 0.15) is 5.56 Å². The molecule has 61 heavy (non-hydrogen) atoms. The van der Waals surface area contributed by atoms with E-state index in [4.69, 9.17) is 16.5 Å². The van der Waals surface area contributed by atoms with Crippen LogP contribution in [0.4, 0.5) is 5.69 Å². The van der Waals surface area contributed by atoms with Gasteiger partial charge >= 0.3 is 0 Å². The van der Waals surface area contributed by atoms with Gasteiger partial charge in [0.25, 0.3) is 0 Å². The zero-order valence-electron chi connectivity index (χ0n) is 32.3. The summed E-state index contributed by atoms with van der Waals surface area (Å²) >= 11 is 1.80. The summed E-state index contributed by atoms with van der Waals surface area (Å²) in [5, 5.41) is 20.4. The fraction of sp³-hybridized carbons (Fsp3) is 0. The lowest BCUT2D eigenvalue weighted by Crippen LogP contribution is -2.08. The van der Waals surface area contributed by atoms with Crippen molar-refractivity contribution in [2.75, 3.05) is 0 Å². The molecule has 7 heteroatoms. The van der Waals surface area contributed by atoms with Crippen molar-refractivity contribution in [2.24, 2.45) is 0 Å². The predicted octanol–water partition coefficient (Wildman–Crippen LogP) is 14.5. The molecule has 0 radical (unpaired) electrons. The summed E-state index contributed by atoms with van der Waals surface area (Å²) < 4.78 is 7.01. The number of nitrogens with zero attached hydrogens (tertiary/aromatic N) is 6. The van der Waals surface area contributed by atoms with Gasteiger partial charge in [-0.1, -0.05) is 121 Å². The minimum absolute atomic E-state index is 0.403. The zero-order valence-corrected chi connectivity index (χ0v) is 33.1. The highest BCUT2D eigenvalue weighted by Crippen LogP contribution is 2.53. The third-order valence-electron chi connectivity index (χ3n) is 12.4. The summed E-state index contributed by atoms with van der Waals surface area (Å²) in [7, 11) is 0. The molecular formula is C54H28N6S. The summed E-state index contributed by atoms with van der Waals surface area (Å²) in [6, 6.07) is 57.3. The van der Waals surface area contributed by atoms with E-state index in [1.807, 2.05) is 48.5 Å². The smallest absolute Gasteiger partial charge is 0.220 e. The molecule has 6 nitrogen and oxygen atoms in total. The largest absolute Gasteiger partial charge is 0.318 e. The van der Waals surface area contributed by atoms with E-state index in [0.29, 0.717) is 22.5 Å². The Morgan fingerprint density at radius 3 is 1.70 bits per heavy atom. The maximum absolute atomic E-state index is 11.7. The average Bonchev–Trinajstić information content (AvgIpc) is 3.97. The van der Waals surface area contributed by atoms with Crippen molar-refractivity contribution >= 4 is 103 Å². The predicted molar refractivity (Wildman–Crippen MR) is 252 cm³/mol. The van der Waals surface area contributed by atoms with Crippen LogP contribution >= 0.6 is 11.3 Å². The SMILES string of the molecule is [C-]#[N+]c1c(-c2ccccc2)c(C#N)c(-n2c3ccccc3c3cc4sc5ccccc5c4cc32)c(-c2ccccc2)c1-n1c2cccc3c4nccnc4c4cccc1c4c32. The Bertz CT molecular complexity index is 3980. The first-order valence-electron chi connectivity index (χ1n) is 20.1. The molecule has 4 aromatic heterocycles. The normalized spacial score (nSPS) is 11.9. The molecule has 4 heterocycles. The van der Waals surface area contributed by atoms with Gasteiger partial charge in [-0.2, -0.15) is 5.26 Å². The van der Waals surface area contributed by atoms with E-state index in [1.54, 1.807) is 23.7 Å². The van der Waals surface area contributed by atoms with Crippen molar-refractivity contribution in [2.45, 2.75) is 0 Å². The summed E-state index contributed by atoms with van der Waals surface area (Å²) in [4.78, 5) is 14.2. The highest BCUT2D eigenvalue weighted by atomic mass is 32.1. The average molecular weight is 793 g/mol. The quantitative estimate of drug-likeness (QED) is 0.132. The lowest BCUT2D eigenvalue weighted by atomic mass is 9.88. The lowest BCUT2D eigenvalue weighted by molar-refractivity contribution is 1.13. The number of rotatable bonds is 4. The number of benzene rings is 9. The maximum Gasteiger partial charge on any atom is 0.220 e. The second kappa shape index (κ2) is 12.6. The Kier molecular flexibility index (Phi) is 6.92. The van der Waals surface area contributed by atoms with E-state index in [1.165, 1.54) is 20.2 Å². The van der Waals surface area contributed by atoms with Crippen LogP contribution in [0.15, 0.2) is 170 Å². The second-order valence-electron chi connectivity index (χ2n) is 15.4. The molecule has 0 unspecified atom stereocenters. The van der Waals surface area contributed by atoms with Gasteiger partial charge in [-0.15, -0.1) is 11.3 Å². The van der Waals surface area contributed by atoms with Gasteiger partial charge in [-0.3, -0.25) is 9.97 Å². The third kappa shape index (κ3) is 4.47. The van der Waals surface area contributed by atoms with Gasteiger partial charge in [0.05, 0.1) is 56.6 Å². The molecule has 0 saturated heterocycles. The van der Waals surface area contributed by atoms with Gasteiger partial charge in [0, 0.05) is 76.0 Å². The highest BCUT2D eigenvalue weighted by Gasteiger charge is 2.32. The van der Waals surface area contributed by atoms with Crippen molar-refractivity contribution in [3.05, 3.63) is 187 Å². The van der Waals surface area contributed by atoms with Crippen LogP contribution in [-0.4, -0.2) is 19.1 Å². The van der Waals surface area contributed by atoms with Crippen molar-refractivity contribution in [3.8, 4) is 39.7 Å². The van der Waals surface area contributed by atoms with Crippen molar-refractivity contribution in [3.63, 3.8) is 0 Å². The minimum Gasteiger partial charge on any atom is -0.318 e. The summed E-state index contributed by atoms with van der Waals surface area (Å²) in [6.45, 7) is 9.16. The van der Waals surface area contributed by atoms with Crippen LogP contribution in [0.25, 0.3) is 124 Å². The van der Waals surface area contributed by atoms with Crippen LogP contribution in [0.3, 0.4) is 0 Å². The Hall–Kier alpha value is -8.36. The van der Waals surface area contributed by atoms with Gasteiger partial charge in [0.2, 0.25) is 5.69 Å². The van der Waals surface area contributed by atoms with E-state index in [2.05, 4.69) is 129 Å². The van der Waals surface area contributed by atoms with Crippen LogP contribution in [-0.2, 0) is 0 Å². The number of para-hydroxylation sites is 1. The molecule has 0 aliphatic rings. The molecule has 13 aromatic rings. The molecule has 0 saturated carbocycles. The van der Waals surface area contributed by atoms with Crippen LogP contribution in [0, 0.1) is 17.9 Å². The van der Waals surface area contributed by atoms with Gasteiger partial charge < -0.3 is 9.13 Å². The number of nitriles is 1. The molecule has 0 aliphatic heterocycles. The lowest BCUT2D eigenvalue weighted by Gasteiger charge is -2.25. The van der Waals surface area contributed by atoms with Gasteiger partial charge in [-0.05, 0) is 47.5 Å². The molecule has 0 fully saturated rings. The number of thiophene rings is 1. The van der Waals surface area contributed by atoms with Crippen molar-refractivity contribution in [1.82, 2.24) is 19.1 Å². The summed E-state index contributed by atoms with van der Waals surface area (Å²) in [6.07, 6.45) is 3.50. The number of hydrogen-bond acceptors (Lipinski definition) is 4. The zero-order chi connectivity index (χ0) is 40.3. The first kappa shape index (κ1) is 33.6. The second-order valence-corrected chi connectivity index (χ2v) is 16.5. The number of fused-ring (bicyclic) bond motifs is 9. The number of hydrogen-bond donors (Lipinski definition) is 0. The van der Waals surface area contributed by atoms with E-state index >= 15 is 0 Å². The fourth-order valence-corrected chi connectivity index (χ4v) is 11.2. The molecule has 9 aromatic carbocycles. The standard InChI is InChI=1S/C54H28N6S/c1-56-52-46(31-14-4-2-5-15-31)39(30-55)53(59-40-22-10-8-18-33(40)37-29-45-38(28-43(37)59)34-19-9-11-25-44(34)61-45)47(32-16-6-3-7-17-32)54(52)60-41-23-12-20-35-48(41)49-36(21-13-24-42(49)60)51-50(35)57-26-27-58-51/h2-29H. The van der Waals surface area contributed by atoms with Gasteiger partial charge in [0.1, 0.15) is 6.07 Å². The molecule has 0 bridgehead atoms. The molecule has 0 N–H and O–H groups in total. The topological polar surface area (TPSA) is 63.8 Å².